The number of hydrogen-bond donors (Lipinski definition) is 0. The fraction of sp³-hybridized carbons (Fsp3) is 0.455. The van der Waals surface area contributed by atoms with Gasteiger partial charge in [0.05, 0.1) is 26.4 Å². The monoisotopic (exact) mass is 1300 g/mol. The van der Waals surface area contributed by atoms with Crippen LogP contribution < -0.4 is 18.9 Å². The van der Waals surface area contributed by atoms with Crippen LogP contribution in [-0.2, 0) is 51.1 Å². The molecule has 520 valence electrons. The second-order valence-corrected chi connectivity index (χ2v) is 26.0. The van der Waals surface area contributed by atoms with Crippen LogP contribution in [0, 0.1) is 6.92 Å². The Kier molecular flexibility index (Phi) is 37.5. The summed E-state index contributed by atoms with van der Waals surface area (Å²) in [6.45, 7) is 37.1. The highest BCUT2D eigenvalue weighted by atomic mass is 16.7. The lowest BCUT2D eigenvalue weighted by Gasteiger charge is -2.16. The Balaban J connectivity index is 0.000000232. The highest BCUT2D eigenvalue weighted by Gasteiger charge is 2.12. The van der Waals surface area contributed by atoms with Gasteiger partial charge in [0.1, 0.15) is 23.0 Å². The van der Waals surface area contributed by atoms with Gasteiger partial charge in [-0.2, -0.15) is 0 Å². The van der Waals surface area contributed by atoms with Crippen molar-refractivity contribution in [2.45, 2.75) is 236 Å². The summed E-state index contributed by atoms with van der Waals surface area (Å²) >= 11 is 0. The summed E-state index contributed by atoms with van der Waals surface area (Å²) in [5, 5.41) is 0. The van der Waals surface area contributed by atoms with Gasteiger partial charge in [0.2, 0.25) is 0 Å². The van der Waals surface area contributed by atoms with Gasteiger partial charge in [-0.15, -0.1) is 0 Å². The lowest BCUT2D eigenvalue weighted by molar-refractivity contribution is -0.0675. The van der Waals surface area contributed by atoms with E-state index < -0.39 is 0 Å². The molecule has 8 nitrogen and oxygen atoms in total. The van der Waals surface area contributed by atoms with E-state index in [1.165, 1.54) is 61.2 Å². The zero-order chi connectivity index (χ0) is 69.5. The molecular weight excluding hydrogens is 1180 g/mol. The lowest BCUT2D eigenvalue weighted by atomic mass is 9.99. The van der Waals surface area contributed by atoms with E-state index in [1.54, 1.807) is 0 Å². The second-order valence-electron chi connectivity index (χ2n) is 26.0. The van der Waals surface area contributed by atoms with Crippen LogP contribution in [0.15, 0.2) is 200 Å². The van der Waals surface area contributed by atoms with Crippen molar-refractivity contribution in [2.75, 3.05) is 26.4 Å². The molecule has 96 heavy (non-hydrogen) atoms. The molecule has 8 aromatic rings. The summed E-state index contributed by atoms with van der Waals surface area (Å²) < 4.78 is 46.4. The van der Waals surface area contributed by atoms with Crippen LogP contribution in [-0.4, -0.2) is 51.6 Å². The predicted octanol–water partition coefficient (Wildman–Crippen LogP) is 23.5. The Morgan fingerprint density at radius 3 is 0.823 bits per heavy atom. The van der Waals surface area contributed by atoms with Gasteiger partial charge in [-0.3, -0.25) is 0 Å². The molecule has 0 aliphatic heterocycles. The van der Waals surface area contributed by atoms with Crippen LogP contribution in [0.2, 0.25) is 0 Å². The van der Waals surface area contributed by atoms with Gasteiger partial charge in [0, 0.05) is 0 Å². The minimum absolute atomic E-state index is 0.225. The summed E-state index contributed by atoms with van der Waals surface area (Å²) in [5.41, 5.74) is 14.8. The SMILES string of the molecule is CCC(C)c1ccc(OC(C)OCCCc2ccc(C(C)C)cc2)cc1.CCC(C)c1ccc(OC(C)OCCCc2ccc(C)cc2)cc1.CCC(C)c1ccc(OC(C)OCCc2ccccc2)cc1.CCc1ccc(CCOC(C)Oc2ccc(C(C)CC)cc2)cc1. The van der Waals surface area contributed by atoms with Crippen molar-refractivity contribution in [2.24, 2.45) is 0 Å². The Morgan fingerprint density at radius 1 is 0.260 bits per heavy atom. The first-order chi connectivity index (χ1) is 46.4. The van der Waals surface area contributed by atoms with Crippen molar-refractivity contribution in [3.8, 4) is 23.0 Å². The third kappa shape index (κ3) is 31.3. The van der Waals surface area contributed by atoms with Crippen molar-refractivity contribution in [3.63, 3.8) is 0 Å². The maximum atomic E-state index is 5.85. The number of aryl methyl sites for hydroxylation is 4. The Bertz CT molecular complexity index is 3220. The minimum Gasteiger partial charge on any atom is -0.465 e. The molecule has 8 heteroatoms. The van der Waals surface area contributed by atoms with E-state index in [1.807, 2.05) is 94.4 Å². The Hall–Kier alpha value is -7.20. The summed E-state index contributed by atoms with van der Waals surface area (Å²) in [7, 11) is 0. The predicted molar refractivity (Wildman–Crippen MR) is 403 cm³/mol. The van der Waals surface area contributed by atoms with Gasteiger partial charge < -0.3 is 37.9 Å². The standard InChI is InChI=1S/C24H34O2.2C22H30O2.C20H26O2/c1-6-19(4)23-13-15-24(16-14-23)26-20(5)25-17-7-8-21-9-11-22(12-10-21)18(2)3;1-5-18(3)21-12-14-22(15-13-21)24-19(4)23-16-6-7-20-10-8-17(2)9-11-20;1-5-17(3)21-11-13-22(14-12-21)24-18(4)23-16-15-20-9-7-19(6-2)8-10-20;1-4-16(2)19-10-12-20(13-11-19)22-17(3)21-15-14-18-8-6-5-7-9-18/h9-16,18-20H,6-8,17H2,1-5H3;8-15,18-19H,5-7,16H2,1-4H3;7-14,17-18H,5-6,15-16H2,1-4H3;5-13,16-17H,4,14-15H2,1-3H3. The third-order valence-corrected chi connectivity index (χ3v) is 17.9. The Labute approximate surface area is 581 Å². The highest BCUT2D eigenvalue weighted by Crippen LogP contribution is 2.27. The van der Waals surface area contributed by atoms with Crippen LogP contribution in [0.5, 0.6) is 23.0 Å². The summed E-state index contributed by atoms with van der Waals surface area (Å²) in [5.74, 6) is 6.41. The first kappa shape index (κ1) is 79.5. The molecule has 8 aromatic carbocycles. The second kappa shape index (κ2) is 45.3. The molecule has 0 aliphatic carbocycles. The average molecular weight is 1310 g/mol. The minimum atomic E-state index is -0.241. The van der Waals surface area contributed by atoms with Crippen LogP contribution in [0.4, 0.5) is 0 Å². The van der Waals surface area contributed by atoms with Crippen molar-refractivity contribution in [1.82, 2.24) is 0 Å². The van der Waals surface area contributed by atoms with Gasteiger partial charge in [-0.25, -0.2) is 0 Å². The molecule has 0 N–H and O–H groups in total. The average Bonchev–Trinajstić information content (AvgIpc) is 1.31. The van der Waals surface area contributed by atoms with Crippen molar-refractivity contribution in [1.29, 1.82) is 0 Å². The Morgan fingerprint density at radius 2 is 0.521 bits per heavy atom. The van der Waals surface area contributed by atoms with Gasteiger partial charge in [0.25, 0.3) is 0 Å². The van der Waals surface area contributed by atoms with E-state index in [9.17, 15) is 0 Å². The maximum Gasteiger partial charge on any atom is 0.196 e. The number of ether oxygens (including phenoxy) is 8. The van der Waals surface area contributed by atoms with E-state index in [0.29, 0.717) is 56.0 Å². The molecule has 0 amide bonds. The van der Waals surface area contributed by atoms with E-state index in [4.69, 9.17) is 37.9 Å². The van der Waals surface area contributed by atoms with Crippen LogP contribution >= 0.6 is 0 Å². The summed E-state index contributed by atoms with van der Waals surface area (Å²) in [6.07, 6.45) is 10.6. The van der Waals surface area contributed by atoms with Crippen LogP contribution in [0.25, 0.3) is 0 Å². The van der Waals surface area contributed by atoms with Crippen LogP contribution in [0.1, 0.15) is 233 Å². The van der Waals surface area contributed by atoms with Crippen LogP contribution in [0.3, 0.4) is 0 Å². The van der Waals surface area contributed by atoms with E-state index in [-0.39, 0.29) is 25.2 Å². The zero-order valence-electron chi connectivity index (χ0n) is 61.6. The van der Waals surface area contributed by atoms with Crippen molar-refractivity contribution >= 4 is 0 Å². The van der Waals surface area contributed by atoms with E-state index >= 15 is 0 Å². The molecule has 8 atom stereocenters. The van der Waals surface area contributed by atoms with E-state index in [0.717, 1.165) is 93.6 Å². The molecule has 0 aliphatic rings. The van der Waals surface area contributed by atoms with E-state index in [2.05, 4.69) is 217 Å². The smallest absolute Gasteiger partial charge is 0.196 e. The molecule has 8 unspecified atom stereocenters. The van der Waals surface area contributed by atoms with Gasteiger partial charge in [-0.1, -0.05) is 233 Å². The molecule has 0 saturated carbocycles. The van der Waals surface area contributed by atoms with Crippen molar-refractivity contribution < 1.29 is 37.9 Å². The molecule has 0 heterocycles. The maximum absolute atomic E-state index is 5.85. The zero-order valence-corrected chi connectivity index (χ0v) is 61.6. The first-order valence-electron chi connectivity index (χ1n) is 36.2. The largest absolute Gasteiger partial charge is 0.465 e. The quantitative estimate of drug-likeness (QED) is 0.0284. The molecule has 0 bridgehead atoms. The number of rotatable bonds is 36. The lowest BCUT2D eigenvalue weighted by Crippen LogP contribution is -2.17. The van der Waals surface area contributed by atoms with Crippen molar-refractivity contribution in [3.05, 3.63) is 261 Å². The molecule has 0 aromatic heterocycles. The van der Waals surface area contributed by atoms with Gasteiger partial charge >= 0.3 is 0 Å². The van der Waals surface area contributed by atoms with Gasteiger partial charge in [-0.05, 0) is 239 Å². The molecule has 8 rings (SSSR count). The van der Waals surface area contributed by atoms with Gasteiger partial charge in [0.15, 0.2) is 25.2 Å². The summed E-state index contributed by atoms with van der Waals surface area (Å²) in [4.78, 5) is 0. The fourth-order valence-corrected chi connectivity index (χ4v) is 10.5. The number of hydrogen-bond acceptors (Lipinski definition) is 8. The molecule has 0 spiro atoms. The third-order valence-electron chi connectivity index (χ3n) is 17.9. The molecule has 0 saturated heterocycles. The fourth-order valence-electron chi connectivity index (χ4n) is 10.5. The summed E-state index contributed by atoms with van der Waals surface area (Å²) in [6, 6.07) is 70.1. The molecular formula is C88H120O8. The molecule has 0 radical (unpaired) electrons. The molecule has 0 fully saturated rings. The highest BCUT2D eigenvalue weighted by molar-refractivity contribution is 5.33. The normalized spacial score (nSPS) is 13.6. The topological polar surface area (TPSA) is 73.8 Å². The number of benzene rings is 8. The first-order valence-corrected chi connectivity index (χ1v) is 36.2.